The molecule has 0 radical (unpaired) electrons. The Morgan fingerprint density at radius 1 is 1.13 bits per heavy atom. The minimum Gasteiger partial charge on any atom is -0.493 e. The van der Waals surface area contributed by atoms with Gasteiger partial charge in [-0.2, -0.15) is 0 Å². The SMILES string of the molecule is COC(=O)COc1cc(Br)c(/C=C2/SC(=O)N(Cc3ccccc3)C2=O)cc1OC. The standard InChI is InChI=1S/C21H18BrNO6S/c1-27-16-8-14(15(22)10-17(16)29-12-19(24)28-2)9-18-20(25)23(21(26)30-18)11-13-6-4-3-5-7-13/h3-10H,11-12H2,1-2H3/b18-9+. The van der Waals surface area contributed by atoms with Crippen molar-refractivity contribution in [1.82, 2.24) is 4.90 Å². The van der Waals surface area contributed by atoms with E-state index in [-0.39, 0.29) is 24.3 Å². The fourth-order valence-electron chi connectivity index (χ4n) is 2.67. The van der Waals surface area contributed by atoms with Crippen LogP contribution in [0.2, 0.25) is 0 Å². The van der Waals surface area contributed by atoms with Crippen LogP contribution in [0, 0.1) is 0 Å². The zero-order chi connectivity index (χ0) is 21.7. The molecule has 0 aromatic heterocycles. The van der Waals surface area contributed by atoms with Crippen LogP contribution in [0.5, 0.6) is 11.5 Å². The number of carbonyl (C=O) groups is 3. The van der Waals surface area contributed by atoms with Crippen molar-refractivity contribution < 1.29 is 28.6 Å². The molecule has 0 aliphatic carbocycles. The summed E-state index contributed by atoms with van der Waals surface area (Å²) < 4.78 is 15.9. The molecule has 1 aliphatic heterocycles. The Morgan fingerprint density at radius 2 is 1.87 bits per heavy atom. The predicted octanol–water partition coefficient (Wildman–Crippen LogP) is 4.25. The van der Waals surface area contributed by atoms with E-state index in [1.807, 2.05) is 30.3 Å². The van der Waals surface area contributed by atoms with Crippen LogP contribution in [0.3, 0.4) is 0 Å². The van der Waals surface area contributed by atoms with Crippen LogP contribution < -0.4 is 9.47 Å². The second-order valence-corrected chi connectivity index (χ2v) is 7.99. The van der Waals surface area contributed by atoms with Crippen LogP contribution in [-0.2, 0) is 20.9 Å². The summed E-state index contributed by atoms with van der Waals surface area (Å²) in [5.41, 5.74) is 1.50. The highest BCUT2D eigenvalue weighted by atomic mass is 79.9. The molecular weight excluding hydrogens is 474 g/mol. The van der Waals surface area contributed by atoms with E-state index in [9.17, 15) is 14.4 Å². The predicted molar refractivity (Wildman–Crippen MR) is 116 cm³/mol. The Kier molecular flexibility index (Phi) is 7.17. The van der Waals surface area contributed by atoms with Gasteiger partial charge in [-0.1, -0.05) is 46.3 Å². The van der Waals surface area contributed by atoms with Gasteiger partial charge in [-0.3, -0.25) is 14.5 Å². The lowest BCUT2D eigenvalue weighted by molar-refractivity contribution is -0.142. The van der Waals surface area contributed by atoms with E-state index in [1.165, 1.54) is 19.1 Å². The van der Waals surface area contributed by atoms with Crippen LogP contribution in [0.4, 0.5) is 4.79 Å². The molecule has 0 N–H and O–H groups in total. The highest BCUT2D eigenvalue weighted by Gasteiger charge is 2.35. The summed E-state index contributed by atoms with van der Waals surface area (Å²) in [6.45, 7) is -0.0509. The summed E-state index contributed by atoms with van der Waals surface area (Å²) in [5.74, 6) is -0.170. The van der Waals surface area contributed by atoms with Crippen LogP contribution in [0.15, 0.2) is 51.8 Å². The Bertz CT molecular complexity index is 1010. The maximum Gasteiger partial charge on any atom is 0.343 e. The maximum atomic E-state index is 12.8. The number of thioether (sulfide) groups is 1. The number of nitrogens with zero attached hydrogens (tertiary/aromatic N) is 1. The topological polar surface area (TPSA) is 82.1 Å². The molecule has 3 rings (SSSR count). The number of ether oxygens (including phenoxy) is 3. The molecule has 9 heteroatoms. The molecule has 1 fully saturated rings. The van der Waals surface area contributed by atoms with Gasteiger partial charge in [0.25, 0.3) is 11.1 Å². The zero-order valence-corrected chi connectivity index (χ0v) is 18.6. The number of amides is 2. The van der Waals surface area contributed by atoms with Gasteiger partial charge in [-0.15, -0.1) is 0 Å². The van der Waals surface area contributed by atoms with E-state index in [4.69, 9.17) is 9.47 Å². The molecule has 1 saturated heterocycles. The van der Waals surface area contributed by atoms with Gasteiger partial charge >= 0.3 is 5.97 Å². The maximum absolute atomic E-state index is 12.8. The van der Waals surface area contributed by atoms with Crippen molar-refractivity contribution in [3.8, 4) is 11.5 Å². The largest absolute Gasteiger partial charge is 0.493 e. The fourth-order valence-corrected chi connectivity index (χ4v) is 3.94. The number of hydrogen-bond donors (Lipinski definition) is 0. The molecule has 0 bridgehead atoms. The first-order valence-corrected chi connectivity index (χ1v) is 10.4. The minimum absolute atomic E-state index is 0.216. The monoisotopic (exact) mass is 491 g/mol. The van der Waals surface area contributed by atoms with Crippen molar-refractivity contribution in [3.05, 3.63) is 63.0 Å². The summed E-state index contributed by atoms with van der Waals surface area (Å²) >= 11 is 4.31. The van der Waals surface area contributed by atoms with Gasteiger partial charge < -0.3 is 14.2 Å². The molecule has 156 valence electrons. The van der Waals surface area contributed by atoms with Crippen molar-refractivity contribution in [1.29, 1.82) is 0 Å². The third-order valence-corrected chi connectivity index (χ3v) is 5.79. The Hall–Kier alpha value is -2.78. The molecule has 2 aromatic carbocycles. The van der Waals surface area contributed by atoms with Gasteiger partial charge in [0, 0.05) is 4.47 Å². The zero-order valence-electron chi connectivity index (χ0n) is 16.2. The molecule has 0 unspecified atom stereocenters. The van der Waals surface area contributed by atoms with Gasteiger partial charge in [0.05, 0.1) is 25.7 Å². The van der Waals surface area contributed by atoms with Gasteiger partial charge in [-0.25, -0.2) is 4.79 Å². The van der Waals surface area contributed by atoms with E-state index in [2.05, 4.69) is 20.7 Å². The molecule has 0 atom stereocenters. The molecule has 2 aromatic rings. The number of benzene rings is 2. The molecule has 1 heterocycles. The lowest BCUT2D eigenvalue weighted by atomic mass is 10.1. The third kappa shape index (κ3) is 5.03. The summed E-state index contributed by atoms with van der Waals surface area (Å²) in [7, 11) is 2.73. The van der Waals surface area contributed by atoms with Gasteiger partial charge in [0.2, 0.25) is 0 Å². The molecular formula is C21H18BrNO6S. The van der Waals surface area contributed by atoms with Crippen LogP contribution in [-0.4, -0.2) is 42.8 Å². The van der Waals surface area contributed by atoms with Gasteiger partial charge in [0.1, 0.15) is 0 Å². The number of methoxy groups -OCH3 is 2. The van der Waals surface area contributed by atoms with Crippen molar-refractivity contribution in [3.63, 3.8) is 0 Å². The third-order valence-electron chi connectivity index (χ3n) is 4.20. The first kappa shape index (κ1) is 21.9. The number of esters is 1. The molecule has 0 spiro atoms. The lowest BCUT2D eigenvalue weighted by Crippen LogP contribution is -2.27. The molecule has 1 aliphatic rings. The fraction of sp³-hybridized carbons (Fsp3) is 0.190. The highest BCUT2D eigenvalue weighted by Crippen LogP contribution is 2.38. The normalized spacial score (nSPS) is 14.9. The second-order valence-electron chi connectivity index (χ2n) is 6.14. The van der Waals surface area contributed by atoms with E-state index in [0.717, 1.165) is 17.3 Å². The Morgan fingerprint density at radius 3 is 2.53 bits per heavy atom. The number of rotatable bonds is 7. The molecule has 7 nitrogen and oxygen atoms in total. The summed E-state index contributed by atoms with van der Waals surface area (Å²) in [6.07, 6.45) is 1.62. The summed E-state index contributed by atoms with van der Waals surface area (Å²) in [6, 6.07) is 12.6. The first-order chi connectivity index (χ1) is 14.4. The highest BCUT2D eigenvalue weighted by molar-refractivity contribution is 9.10. The number of halogens is 1. The summed E-state index contributed by atoms with van der Waals surface area (Å²) in [5, 5.41) is -0.323. The van der Waals surface area contributed by atoms with Crippen molar-refractivity contribution in [2.75, 3.05) is 20.8 Å². The van der Waals surface area contributed by atoms with Crippen molar-refractivity contribution in [2.24, 2.45) is 0 Å². The Labute approximate surface area is 186 Å². The smallest absolute Gasteiger partial charge is 0.343 e. The van der Waals surface area contributed by atoms with E-state index >= 15 is 0 Å². The van der Waals surface area contributed by atoms with Crippen LogP contribution in [0.1, 0.15) is 11.1 Å². The molecule has 2 amide bonds. The van der Waals surface area contributed by atoms with Crippen LogP contribution in [0.25, 0.3) is 6.08 Å². The van der Waals surface area contributed by atoms with Gasteiger partial charge in [0.15, 0.2) is 18.1 Å². The molecule has 0 saturated carbocycles. The molecule has 30 heavy (non-hydrogen) atoms. The second kappa shape index (κ2) is 9.82. The van der Waals surface area contributed by atoms with E-state index < -0.39 is 5.97 Å². The first-order valence-electron chi connectivity index (χ1n) is 8.79. The van der Waals surface area contributed by atoms with E-state index in [1.54, 1.807) is 18.2 Å². The van der Waals surface area contributed by atoms with Crippen LogP contribution >= 0.6 is 27.7 Å². The summed E-state index contributed by atoms with van der Waals surface area (Å²) in [4.78, 5) is 37.9. The quantitative estimate of drug-likeness (QED) is 0.422. The number of hydrogen-bond acceptors (Lipinski definition) is 7. The van der Waals surface area contributed by atoms with E-state index in [0.29, 0.717) is 26.4 Å². The number of carbonyl (C=O) groups excluding carboxylic acids is 3. The van der Waals surface area contributed by atoms with Crippen molar-refractivity contribution >= 4 is 50.9 Å². The van der Waals surface area contributed by atoms with Crippen molar-refractivity contribution in [2.45, 2.75) is 6.54 Å². The minimum atomic E-state index is -0.524. The Balaban J connectivity index is 1.82. The average molecular weight is 492 g/mol. The number of imide groups is 1. The average Bonchev–Trinajstić information content (AvgIpc) is 3.01. The van der Waals surface area contributed by atoms with Gasteiger partial charge in [-0.05, 0) is 41.1 Å². The lowest BCUT2D eigenvalue weighted by Gasteiger charge is -2.13.